The highest BCUT2D eigenvalue weighted by Crippen LogP contribution is 2.48. The Morgan fingerprint density at radius 1 is 0.259 bits per heavy atom. The molecule has 250 valence electrons. The van der Waals surface area contributed by atoms with Gasteiger partial charge in [-0.1, -0.05) is 146 Å². The molecule has 0 saturated carbocycles. The Kier molecular flexibility index (Phi) is 6.48. The first-order valence-electron chi connectivity index (χ1n) is 18.5. The van der Waals surface area contributed by atoms with Crippen molar-refractivity contribution in [1.29, 1.82) is 0 Å². The van der Waals surface area contributed by atoms with Gasteiger partial charge >= 0.3 is 0 Å². The molecule has 12 aromatic rings. The van der Waals surface area contributed by atoms with E-state index in [2.05, 4.69) is 182 Å². The Hall–Kier alpha value is -6.32. The van der Waals surface area contributed by atoms with Crippen molar-refractivity contribution in [3.05, 3.63) is 182 Å². The van der Waals surface area contributed by atoms with Crippen LogP contribution in [-0.2, 0) is 0 Å². The smallest absolute Gasteiger partial charge is 0.0433 e. The van der Waals surface area contributed by atoms with Crippen LogP contribution < -0.4 is 0 Å². The van der Waals surface area contributed by atoms with Gasteiger partial charge in [-0.25, -0.2) is 0 Å². The van der Waals surface area contributed by atoms with E-state index in [4.69, 9.17) is 0 Å². The van der Waals surface area contributed by atoms with Crippen LogP contribution in [0, 0.1) is 0 Å². The zero-order valence-electron chi connectivity index (χ0n) is 29.1. The molecule has 10 aromatic carbocycles. The lowest BCUT2D eigenvalue weighted by atomic mass is 9.84. The van der Waals surface area contributed by atoms with Crippen molar-refractivity contribution >= 4 is 95.3 Å². The van der Waals surface area contributed by atoms with E-state index in [1.165, 1.54) is 117 Å². The molecule has 2 heteroatoms. The number of thiophene rings is 2. The molecule has 0 amide bonds. The van der Waals surface area contributed by atoms with Gasteiger partial charge in [-0.3, -0.25) is 0 Å². The van der Waals surface area contributed by atoms with Crippen molar-refractivity contribution in [3.8, 4) is 44.5 Å². The Morgan fingerprint density at radius 3 is 1.30 bits per heavy atom. The number of hydrogen-bond acceptors (Lipinski definition) is 2. The van der Waals surface area contributed by atoms with Crippen LogP contribution >= 0.6 is 22.7 Å². The van der Waals surface area contributed by atoms with E-state index in [1.54, 1.807) is 0 Å². The predicted molar refractivity (Wildman–Crippen MR) is 238 cm³/mol. The average Bonchev–Trinajstić information content (AvgIpc) is 3.81. The molecule has 0 aliphatic heterocycles. The summed E-state index contributed by atoms with van der Waals surface area (Å²) in [4.78, 5) is 0. The Morgan fingerprint density at radius 2 is 0.722 bits per heavy atom. The Bertz CT molecular complexity index is 3290. The predicted octanol–water partition coefficient (Wildman–Crippen LogP) is 16.0. The molecule has 0 aliphatic rings. The van der Waals surface area contributed by atoms with Crippen molar-refractivity contribution in [2.24, 2.45) is 0 Å². The molecule has 12 rings (SSSR count). The minimum absolute atomic E-state index is 1.23. The zero-order valence-corrected chi connectivity index (χ0v) is 30.8. The van der Waals surface area contributed by atoms with E-state index in [-0.39, 0.29) is 0 Å². The largest absolute Gasteiger partial charge is 0.135 e. The van der Waals surface area contributed by atoms with Crippen molar-refractivity contribution in [3.63, 3.8) is 0 Å². The highest BCUT2D eigenvalue weighted by atomic mass is 32.1. The minimum atomic E-state index is 1.23. The molecule has 0 unspecified atom stereocenters. The molecular weight excluding hydrogens is 689 g/mol. The van der Waals surface area contributed by atoms with Crippen LogP contribution in [0.1, 0.15) is 0 Å². The van der Waals surface area contributed by atoms with Crippen molar-refractivity contribution in [2.45, 2.75) is 0 Å². The van der Waals surface area contributed by atoms with Gasteiger partial charge in [-0.05, 0) is 113 Å². The quantitative estimate of drug-likeness (QED) is 0.159. The molecule has 0 aliphatic carbocycles. The molecule has 2 aromatic heterocycles. The summed E-state index contributed by atoms with van der Waals surface area (Å²) >= 11 is 3.80. The summed E-state index contributed by atoms with van der Waals surface area (Å²) in [5.74, 6) is 0. The molecule has 0 radical (unpaired) electrons. The Labute approximate surface area is 320 Å². The molecule has 0 nitrogen and oxygen atoms in total. The van der Waals surface area contributed by atoms with Crippen molar-refractivity contribution in [2.75, 3.05) is 0 Å². The lowest BCUT2D eigenvalue weighted by Crippen LogP contribution is -1.92. The summed E-state index contributed by atoms with van der Waals surface area (Å²) in [6, 6.07) is 68.1. The van der Waals surface area contributed by atoms with Gasteiger partial charge in [0.1, 0.15) is 0 Å². The molecule has 0 N–H and O–H groups in total. The second-order valence-corrected chi connectivity index (χ2v) is 16.5. The van der Waals surface area contributed by atoms with Gasteiger partial charge in [0, 0.05) is 40.3 Å². The number of hydrogen-bond donors (Lipinski definition) is 0. The fourth-order valence-electron chi connectivity index (χ4n) is 8.97. The monoisotopic (exact) mass is 718 g/mol. The maximum absolute atomic E-state index is 2.46. The third-order valence-electron chi connectivity index (χ3n) is 11.4. The second-order valence-electron chi connectivity index (χ2n) is 14.4. The van der Waals surface area contributed by atoms with Crippen LogP contribution in [0.5, 0.6) is 0 Å². The summed E-state index contributed by atoms with van der Waals surface area (Å²) in [5.41, 5.74) is 10.0. The van der Waals surface area contributed by atoms with E-state index in [1.807, 2.05) is 22.7 Å². The van der Waals surface area contributed by atoms with Crippen molar-refractivity contribution < 1.29 is 0 Å². The second kappa shape index (κ2) is 11.6. The van der Waals surface area contributed by atoms with Gasteiger partial charge in [-0.2, -0.15) is 0 Å². The molecule has 0 bridgehead atoms. The van der Waals surface area contributed by atoms with Crippen LogP contribution in [0.2, 0.25) is 0 Å². The maximum atomic E-state index is 2.46. The van der Waals surface area contributed by atoms with Gasteiger partial charge in [0.2, 0.25) is 0 Å². The van der Waals surface area contributed by atoms with Crippen LogP contribution in [-0.4, -0.2) is 0 Å². The summed E-state index contributed by atoms with van der Waals surface area (Å²) in [7, 11) is 0. The lowest BCUT2D eigenvalue weighted by Gasteiger charge is -2.19. The van der Waals surface area contributed by atoms with Crippen LogP contribution in [0.3, 0.4) is 0 Å². The third kappa shape index (κ3) is 4.42. The first-order chi connectivity index (χ1) is 26.8. The van der Waals surface area contributed by atoms with E-state index in [0.29, 0.717) is 0 Å². The molecule has 2 heterocycles. The van der Waals surface area contributed by atoms with E-state index in [0.717, 1.165) is 0 Å². The maximum Gasteiger partial charge on any atom is 0.0433 e. The molecule has 0 spiro atoms. The first kappa shape index (κ1) is 30.2. The van der Waals surface area contributed by atoms with Gasteiger partial charge in [0.25, 0.3) is 0 Å². The first-order valence-corrected chi connectivity index (χ1v) is 20.1. The molecule has 0 saturated heterocycles. The minimum Gasteiger partial charge on any atom is -0.135 e. The van der Waals surface area contributed by atoms with Gasteiger partial charge in [0.15, 0.2) is 0 Å². The number of rotatable bonds is 4. The summed E-state index contributed by atoms with van der Waals surface area (Å²) < 4.78 is 5.32. The standard InChI is InChI=1S/C52H30S2/c1-2-11-31(12-3-1)45-30-46(42-26-24-33-14-8-13-32-23-25-41(45)50(42)49(32)33)36-28-34(37-17-9-19-43-39-15-4-6-21-47(39)53-51(37)43)27-35(29-36)38-18-10-20-44-40-16-5-7-22-48(40)54-52(38)44/h1-30H. The lowest BCUT2D eigenvalue weighted by molar-refractivity contribution is 1.61. The van der Waals surface area contributed by atoms with Gasteiger partial charge < -0.3 is 0 Å². The highest BCUT2D eigenvalue weighted by Gasteiger charge is 2.20. The van der Waals surface area contributed by atoms with E-state index >= 15 is 0 Å². The van der Waals surface area contributed by atoms with Crippen LogP contribution in [0.4, 0.5) is 0 Å². The van der Waals surface area contributed by atoms with Crippen LogP contribution in [0.15, 0.2) is 182 Å². The molecular formula is C52H30S2. The van der Waals surface area contributed by atoms with Crippen molar-refractivity contribution in [1.82, 2.24) is 0 Å². The van der Waals surface area contributed by atoms with E-state index < -0.39 is 0 Å². The summed E-state index contributed by atoms with van der Waals surface area (Å²) in [6.07, 6.45) is 0. The van der Waals surface area contributed by atoms with E-state index in [9.17, 15) is 0 Å². The van der Waals surface area contributed by atoms with Crippen LogP contribution in [0.25, 0.3) is 117 Å². The van der Waals surface area contributed by atoms with Gasteiger partial charge in [0.05, 0.1) is 0 Å². The average molecular weight is 719 g/mol. The topological polar surface area (TPSA) is 0 Å². The van der Waals surface area contributed by atoms with Gasteiger partial charge in [-0.15, -0.1) is 22.7 Å². The molecule has 0 atom stereocenters. The highest BCUT2D eigenvalue weighted by molar-refractivity contribution is 7.26. The number of fused-ring (bicyclic) bond motifs is 6. The molecule has 0 fully saturated rings. The zero-order chi connectivity index (χ0) is 35.3. The summed E-state index contributed by atoms with van der Waals surface area (Å²) in [6.45, 7) is 0. The third-order valence-corrected chi connectivity index (χ3v) is 13.8. The number of benzene rings is 10. The summed E-state index contributed by atoms with van der Waals surface area (Å²) in [5, 5.41) is 13.1. The fraction of sp³-hybridized carbons (Fsp3) is 0. The normalized spacial score (nSPS) is 12.1. The SMILES string of the molecule is c1ccc(-c2cc(-c3cc(-c4cccc5c4sc4ccccc45)cc(-c4cccc5c4sc4ccccc45)c3)c3ccc4cccc5ccc2c3c54)cc1. The Balaban J connectivity index is 1.21. The fourth-order valence-corrected chi connectivity index (χ4v) is 11.4. The molecule has 54 heavy (non-hydrogen) atoms.